The van der Waals surface area contributed by atoms with Crippen LogP contribution in [0, 0.1) is 0 Å². The molecule has 0 amide bonds. The lowest BCUT2D eigenvalue weighted by atomic mass is 10.2. The summed E-state index contributed by atoms with van der Waals surface area (Å²) >= 11 is 0. The van der Waals surface area contributed by atoms with Gasteiger partial charge in [0.15, 0.2) is 0 Å². The van der Waals surface area contributed by atoms with E-state index in [-0.39, 0.29) is 18.1 Å². The Labute approximate surface area is 157 Å². The fraction of sp³-hybridized carbons (Fsp3) is 0.105. The van der Waals surface area contributed by atoms with Crippen LogP contribution in [0.15, 0.2) is 78.0 Å². The third kappa shape index (κ3) is 4.96. The van der Waals surface area contributed by atoms with E-state index in [2.05, 4.69) is 0 Å². The molecule has 0 aliphatic heterocycles. The zero-order valence-electron chi connectivity index (χ0n) is 14.3. The van der Waals surface area contributed by atoms with Crippen molar-refractivity contribution in [2.75, 3.05) is 13.2 Å². The molecule has 2 aromatic carbocycles. The second-order valence-electron chi connectivity index (χ2n) is 5.64. The summed E-state index contributed by atoms with van der Waals surface area (Å²) in [6, 6.07) is 16.6. The lowest BCUT2D eigenvalue weighted by Crippen LogP contribution is -2.13. The van der Waals surface area contributed by atoms with E-state index in [1.165, 1.54) is 24.3 Å². The molecule has 2 N–H and O–H groups in total. The highest BCUT2D eigenvalue weighted by Gasteiger charge is 2.09. The molecule has 0 bridgehead atoms. The maximum absolute atomic E-state index is 12.2. The SMILES string of the molecule is NS(=O)(=O)c1ccc(OCCOC(=O)c2cccc(-n3cccc3)c2)cc1. The van der Waals surface area contributed by atoms with Crippen LogP contribution in [0.3, 0.4) is 0 Å². The molecule has 1 heterocycles. The number of nitrogens with zero attached hydrogens (tertiary/aromatic N) is 1. The fourth-order valence-electron chi connectivity index (χ4n) is 2.40. The molecule has 0 spiro atoms. The summed E-state index contributed by atoms with van der Waals surface area (Å²) in [5.74, 6) is 0.00485. The van der Waals surface area contributed by atoms with Crippen LogP contribution in [0.4, 0.5) is 0 Å². The van der Waals surface area contributed by atoms with Gasteiger partial charge in [0.25, 0.3) is 0 Å². The largest absolute Gasteiger partial charge is 0.490 e. The highest BCUT2D eigenvalue weighted by molar-refractivity contribution is 7.89. The van der Waals surface area contributed by atoms with Gasteiger partial charge >= 0.3 is 5.97 Å². The van der Waals surface area contributed by atoms with E-state index in [4.69, 9.17) is 14.6 Å². The van der Waals surface area contributed by atoms with Crippen molar-refractivity contribution in [1.29, 1.82) is 0 Å². The van der Waals surface area contributed by atoms with Gasteiger partial charge in [0, 0.05) is 18.1 Å². The standard InChI is InChI=1S/C19H18N2O5S/c20-27(23,24)18-8-6-17(7-9-18)25-12-13-26-19(22)15-4-3-5-16(14-15)21-10-1-2-11-21/h1-11,14H,12-13H2,(H2,20,23,24). The van der Waals surface area contributed by atoms with E-state index in [1.54, 1.807) is 18.2 Å². The molecule has 0 aliphatic rings. The number of hydrogen-bond donors (Lipinski definition) is 1. The van der Waals surface area contributed by atoms with Gasteiger partial charge in [0.05, 0.1) is 10.5 Å². The van der Waals surface area contributed by atoms with Crippen LogP contribution in [0.25, 0.3) is 5.69 Å². The zero-order valence-corrected chi connectivity index (χ0v) is 15.1. The maximum Gasteiger partial charge on any atom is 0.338 e. The number of hydrogen-bond acceptors (Lipinski definition) is 5. The van der Waals surface area contributed by atoms with Crippen molar-refractivity contribution in [2.24, 2.45) is 5.14 Å². The molecule has 1 aromatic heterocycles. The molecule has 140 valence electrons. The van der Waals surface area contributed by atoms with Crippen LogP contribution in [-0.2, 0) is 14.8 Å². The summed E-state index contributed by atoms with van der Waals surface area (Å²) in [5.41, 5.74) is 1.30. The summed E-state index contributed by atoms with van der Waals surface area (Å²) < 4.78 is 34.9. The normalized spacial score (nSPS) is 11.1. The number of nitrogens with two attached hydrogens (primary N) is 1. The molecular weight excluding hydrogens is 368 g/mol. The third-order valence-electron chi connectivity index (χ3n) is 3.72. The van der Waals surface area contributed by atoms with Gasteiger partial charge < -0.3 is 14.0 Å². The van der Waals surface area contributed by atoms with Crippen LogP contribution in [-0.4, -0.2) is 32.2 Å². The van der Waals surface area contributed by atoms with Crippen molar-refractivity contribution in [2.45, 2.75) is 4.90 Å². The molecule has 3 aromatic rings. The van der Waals surface area contributed by atoms with Gasteiger partial charge in [-0.2, -0.15) is 0 Å². The lowest BCUT2D eigenvalue weighted by molar-refractivity contribution is 0.0450. The molecule has 3 rings (SSSR count). The highest BCUT2D eigenvalue weighted by Crippen LogP contribution is 2.15. The Bertz CT molecular complexity index is 1010. The highest BCUT2D eigenvalue weighted by atomic mass is 32.2. The van der Waals surface area contributed by atoms with E-state index in [0.717, 1.165) is 5.69 Å². The first kappa shape index (κ1) is 18.7. The second kappa shape index (κ2) is 8.07. The molecule has 0 saturated heterocycles. The number of ether oxygens (including phenoxy) is 2. The minimum atomic E-state index is -3.73. The molecule has 27 heavy (non-hydrogen) atoms. The van der Waals surface area contributed by atoms with E-state index >= 15 is 0 Å². The first-order chi connectivity index (χ1) is 12.9. The van der Waals surface area contributed by atoms with Gasteiger partial charge in [-0.3, -0.25) is 0 Å². The van der Waals surface area contributed by atoms with Crippen molar-refractivity contribution < 1.29 is 22.7 Å². The topological polar surface area (TPSA) is 101 Å². The van der Waals surface area contributed by atoms with Crippen LogP contribution in [0.2, 0.25) is 0 Å². The Hall–Kier alpha value is -3.10. The molecule has 0 radical (unpaired) electrons. The lowest BCUT2D eigenvalue weighted by Gasteiger charge is -2.09. The fourth-order valence-corrected chi connectivity index (χ4v) is 2.92. The van der Waals surface area contributed by atoms with Crippen molar-refractivity contribution in [3.05, 3.63) is 78.6 Å². The van der Waals surface area contributed by atoms with Crippen LogP contribution in [0.1, 0.15) is 10.4 Å². The predicted octanol–water partition coefficient (Wildman–Crippen LogP) is 2.36. The summed E-state index contributed by atoms with van der Waals surface area (Å²) in [6.07, 6.45) is 3.78. The Kier molecular flexibility index (Phi) is 5.58. The third-order valence-corrected chi connectivity index (χ3v) is 4.65. The number of sulfonamides is 1. The molecule has 0 aliphatic carbocycles. The quantitative estimate of drug-likeness (QED) is 0.496. The number of carbonyl (C=O) groups is 1. The number of primary sulfonamides is 1. The number of rotatable bonds is 7. The van der Waals surface area contributed by atoms with Crippen molar-refractivity contribution in [3.8, 4) is 11.4 Å². The Balaban J connectivity index is 1.51. The molecule has 0 fully saturated rings. The minimum absolute atomic E-state index is 0.00357. The monoisotopic (exact) mass is 386 g/mol. The number of aromatic nitrogens is 1. The Morgan fingerprint density at radius 3 is 2.33 bits per heavy atom. The molecule has 8 heteroatoms. The van der Waals surface area contributed by atoms with Gasteiger partial charge in [-0.1, -0.05) is 6.07 Å². The summed E-state index contributed by atoms with van der Waals surface area (Å²) in [5, 5.41) is 5.03. The van der Waals surface area contributed by atoms with E-state index in [0.29, 0.717) is 11.3 Å². The molecule has 0 saturated carbocycles. The van der Waals surface area contributed by atoms with E-state index in [9.17, 15) is 13.2 Å². The zero-order chi connectivity index (χ0) is 19.3. The average molecular weight is 386 g/mol. The van der Waals surface area contributed by atoms with Gasteiger partial charge in [-0.05, 0) is 54.6 Å². The van der Waals surface area contributed by atoms with Gasteiger partial charge in [0.1, 0.15) is 19.0 Å². The van der Waals surface area contributed by atoms with Gasteiger partial charge in [0.2, 0.25) is 10.0 Å². The van der Waals surface area contributed by atoms with Crippen LogP contribution < -0.4 is 9.88 Å². The van der Waals surface area contributed by atoms with E-state index in [1.807, 2.05) is 35.2 Å². The predicted molar refractivity (Wildman–Crippen MR) is 99.4 cm³/mol. The molecule has 7 nitrogen and oxygen atoms in total. The van der Waals surface area contributed by atoms with Crippen LogP contribution >= 0.6 is 0 Å². The summed E-state index contributed by atoms with van der Waals surface area (Å²) in [4.78, 5) is 12.2. The smallest absolute Gasteiger partial charge is 0.338 e. The molecule has 0 unspecified atom stereocenters. The molecular formula is C19H18N2O5S. The first-order valence-electron chi connectivity index (χ1n) is 8.10. The summed E-state index contributed by atoms with van der Waals surface area (Å²) in [6.45, 7) is 0.196. The van der Waals surface area contributed by atoms with Crippen molar-refractivity contribution in [3.63, 3.8) is 0 Å². The Morgan fingerprint density at radius 2 is 1.67 bits per heavy atom. The van der Waals surface area contributed by atoms with Gasteiger partial charge in [-0.25, -0.2) is 18.4 Å². The number of esters is 1. The second-order valence-corrected chi connectivity index (χ2v) is 7.20. The minimum Gasteiger partial charge on any atom is -0.490 e. The number of carbonyl (C=O) groups excluding carboxylic acids is 1. The summed E-state index contributed by atoms with van der Waals surface area (Å²) in [7, 11) is -3.73. The van der Waals surface area contributed by atoms with Gasteiger partial charge in [-0.15, -0.1) is 0 Å². The average Bonchev–Trinajstić information content (AvgIpc) is 3.20. The molecule has 0 atom stereocenters. The maximum atomic E-state index is 12.2. The van der Waals surface area contributed by atoms with E-state index < -0.39 is 16.0 Å². The first-order valence-corrected chi connectivity index (χ1v) is 9.64. The van der Waals surface area contributed by atoms with Crippen molar-refractivity contribution in [1.82, 2.24) is 4.57 Å². The Morgan fingerprint density at radius 1 is 0.963 bits per heavy atom. The number of benzene rings is 2. The van der Waals surface area contributed by atoms with Crippen molar-refractivity contribution >= 4 is 16.0 Å². The van der Waals surface area contributed by atoms with Crippen LogP contribution in [0.5, 0.6) is 5.75 Å².